The summed E-state index contributed by atoms with van der Waals surface area (Å²) in [5.41, 5.74) is 0. The first-order valence-corrected chi connectivity index (χ1v) is 0.200. The second-order valence-corrected chi connectivity index (χ2v) is 0. The van der Waals surface area contributed by atoms with E-state index in [0.717, 1.165) is 0 Å². The van der Waals surface area contributed by atoms with E-state index < -0.39 is 0 Å². The van der Waals surface area contributed by atoms with Crippen molar-refractivity contribution in [1.82, 2.24) is 0 Å². The third-order valence-corrected chi connectivity index (χ3v) is 0. The Balaban J connectivity index is -0.00000000500. The Labute approximate surface area is 45.7 Å². The third-order valence-electron chi connectivity index (χ3n) is 0. The van der Waals surface area contributed by atoms with Gasteiger partial charge in [-0.3, -0.25) is 10.5 Å². The number of rotatable bonds is 0. The average molecular weight is 267 g/mol. The monoisotopic (exact) mass is 267 g/mol. The normalized spacial score (nSPS) is 1.50. The van der Waals surface area contributed by atoms with Crippen molar-refractivity contribution in [2.75, 3.05) is 0 Å². The quantitative estimate of drug-likeness (QED) is 0.380. The molecular formula is H3AuClO2. The molecule has 0 saturated carbocycles. The standard InChI is InChI=1S/Au.ClH.H2O2/c;;1-2/h;1H;1-2H. The molecule has 4 heteroatoms. The van der Waals surface area contributed by atoms with Gasteiger partial charge in [-0.25, -0.2) is 0 Å². The van der Waals surface area contributed by atoms with Gasteiger partial charge in [-0.2, -0.15) is 0 Å². The fourth-order valence-corrected chi connectivity index (χ4v) is 0. The summed E-state index contributed by atoms with van der Waals surface area (Å²) < 4.78 is 0. The van der Waals surface area contributed by atoms with E-state index in [9.17, 15) is 0 Å². The van der Waals surface area contributed by atoms with Gasteiger partial charge in [0, 0.05) is 22.4 Å². The van der Waals surface area contributed by atoms with Crippen molar-refractivity contribution in [3.05, 3.63) is 0 Å². The van der Waals surface area contributed by atoms with Gasteiger partial charge in [-0.05, 0) is 0 Å². The van der Waals surface area contributed by atoms with Gasteiger partial charge in [0.2, 0.25) is 0 Å². The Hall–Kier alpha value is 0.950. The van der Waals surface area contributed by atoms with Gasteiger partial charge in [-0.1, -0.05) is 0 Å². The Morgan fingerprint density at radius 2 is 1.00 bits per heavy atom. The maximum absolute atomic E-state index is 6.00. The van der Waals surface area contributed by atoms with E-state index in [2.05, 4.69) is 0 Å². The van der Waals surface area contributed by atoms with Crippen LogP contribution in [-0.4, -0.2) is 10.5 Å². The molecule has 1 radical (unpaired) electrons. The summed E-state index contributed by atoms with van der Waals surface area (Å²) in [5.74, 6) is 0. The van der Waals surface area contributed by atoms with Crippen LogP contribution >= 0.6 is 12.4 Å². The van der Waals surface area contributed by atoms with Crippen LogP contribution in [0, 0.1) is 0 Å². The number of hydrogen-bond donors (Lipinski definition) is 2. The Bertz CT molecular complexity index is 6.00. The van der Waals surface area contributed by atoms with Crippen LogP contribution in [0.5, 0.6) is 0 Å². The van der Waals surface area contributed by atoms with Gasteiger partial charge >= 0.3 is 0 Å². The van der Waals surface area contributed by atoms with E-state index in [1.165, 1.54) is 0 Å². The first-order valence-electron chi connectivity index (χ1n) is 0.200. The molecule has 0 atom stereocenters. The number of halogens is 1. The molecule has 0 aromatic heterocycles. The molecule has 0 heterocycles. The molecule has 0 saturated heterocycles. The maximum Gasteiger partial charge on any atom is 0 e. The minimum atomic E-state index is 0. The molecule has 0 fully saturated rings. The first kappa shape index (κ1) is 20.3. The molecule has 0 amide bonds. The summed E-state index contributed by atoms with van der Waals surface area (Å²) in [7, 11) is 0. The smallest absolute Gasteiger partial charge is 0 e. The Kier molecular flexibility index (Phi) is 193. The van der Waals surface area contributed by atoms with Gasteiger partial charge in [-0.15, -0.1) is 12.4 Å². The fraction of sp³-hybridized carbons (Fsp3) is 0. The minimum Gasteiger partial charge on any atom is -0.255 e. The predicted molar refractivity (Wildman–Crippen MR) is 12.5 cm³/mol. The van der Waals surface area contributed by atoms with Crippen LogP contribution in [0.2, 0.25) is 0 Å². The van der Waals surface area contributed by atoms with Crippen LogP contribution in [0.15, 0.2) is 0 Å². The van der Waals surface area contributed by atoms with Crippen molar-refractivity contribution in [2.24, 2.45) is 0 Å². The van der Waals surface area contributed by atoms with Crippen LogP contribution in [0.3, 0.4) is 0 Å². The summed E-state index contributed by atoms with van der Waals surface area (Å²) in [5, 5.41) is 12.0. The van der Waals surface area contributed by atoms with Crippen molar-refractivity contribution in [1.29, 1.82) is 0 Å². The van der Waals surface area contributed by atoms with Crippen LogP contribution < -0.4 is 0 Å². The molecule has 0 spiro atoms. The van der Waals surface area contributed by atoms with Crippen LogP contribution in [0.1, 0.15) is 0 Å². The summed E-state index contributed by atoms with van der Waals surface area (Å²) in [6, 6.07) is 0. The van der Waals surface area contributed by atoms with Crippen molar-refractivity contribution in [3.8, 4) is 0 Å². The summed E-state index contributed by atoms with van der Waals surface area (Å²) >= 11 is 0. The molecule has 0 aromatic carbocycles. The zero-order valence-electron chi connectivity index (χ0n) is 1.60. The van der Waals surface area contributed by atoms with Gasteiger partial charge in [0.1, 0.15) is 0 Å². The summed E-state index contributed by atoms with van der Waals surface area (Å²) in [6.45, 7) is 0. The first-order chi connectivity index (χ1) is 1.00. The van der Waals surface area contributed by atoms with E-state index in [0.29, 0.717) is 0 Å². The van der Waals surface area contributed by atoms with Gasteiger partial charge < -0.3 is 0 Å². The van der Waals surface area contributed by atoms with Crippen molar-refractivity contribution in [2.45, 2.75) is 0 Å². The van der Waals surface area contributed by atoms with Gasteiger partial charge in [0.25, 0.3) is 0 Å². The second kappa shape index (κ2) is 38.1. The fourth-order valence-electron chi connectivity index (χ4n) is 0. The van der Waals surface area contributed by atoms with Crippen LogP contribution in [0.25, 0.3) is 0 Å². The molecule has 2 nitrogen and oxygen atoms in total. The van der Waals surface area contributed by atoms with E-state index in [1.54, 1.807) is 0 Å². The topological polar surface area (TPSA) is 40.5 Å². The second-order valence-electron chi connectivity index (χ2n) is 0. The molecule has 0 aromatic rings. The summed E-state index contributed by atoms with van der Waals surface area (Å²) in [6.07, 6.45) is 0. The molecule has 0 unspecified atom stereocenters. The molecule has 33 valence electrons. The zero-order chi connectivity index (χ0) is 2.00. The van der Waals surface area contributed by atoms with E-state index in [1.807, 2.05) is 0 Å². The predicted octanol–water partition coefficient (Wildman–Crippen LogP) is 0.437. The van der Waals surface area contributed by atoms with Crippen molar-refractivity contribution >= 4 is 12.4 Å². The van der Waals surface area contributed by atoms with Crippen molar-refractivity contribution in [3.63, 3.8) is 0 Å². The van der Waals surface area contributed by atoms with Crippen LogP contribution in [0.4, 0.5) is 0 Å². The molecule has 0 aliphatic heterocycles. The molecule has 4 heavy (non-hydrogen) atoms. The molecule has 2 N–H and O–H groups in total. The average Bonchev–Trinajstić information content (AvgIpc) is 1.00. The minimum absolute atomic E-state index is 0. The van der Waals surface area contributed by atoms with E-state index in [4.69, 9.17) is 10.5 Å². The maximum atomic E-state index is 6.00. The third kappa shape index (κ3) is 12.4. The Morgan fingerprint density at radius 3 is 1.00 bits per heavy atom. The van der Waals surface area contributed by atoms with Crippen molar-refractivity contribution < 1.29 is 32.9 Å². The van der Waals surface area contributed by atoms with E-state index >= 15 is 0 Å². The van der Waals surface area contributed by atoms with E-state index in [-0.39, 0.29) is 34.8 Å². The Morgan fingerprint density at radius 1 is 1.00 bits per heavy atom. The molecule has 0 aliphatic rings. The number of hydrogen-bond acceptors (Lipinski definition) is 2. The molecule has 0 bridgehead atoms. The molecule has 0 rings (SSSR count). The van der Waals surface area contributed by atoms with Crippen LogP contribution in [-0.2, 0) is 22.4 Å². The SMILES string of the molecule is Cl.OO.[Au]. The summed E-state index contributed by atoms with van der Waals surface area (Å²) in [4.78, 5) is 0. The molecule has 0 aliphatic carbocycles. The van der Waals surface area contributed by atoms with Gasteiger partial charge in [0.15, 0.2) is 0 Å². The largest absolute Gasteiger partial charge is 0.255 e. The van der Waals surface area contributed by atoms with Gasteiger partial charge in [0.05, 0.1) is 0 Å². The zero-order valence-corrected chi connectivity index (χ0v) is 4.59. The molecular weight excluding hydrogens is 264 g/mol.